The van der Waals surface area contributed by atoms with Crippen molar-refractivity contribution in [3.8, 4) is 5.69 Å². The minimum Gasteiger partial charge on any atom is -0.465 e. The first-order valence-corrected chi connectivity index (χ1v) is 11.8. The maximum absolute atomic E-state index is 11.9. The molecule has 2 aromatic heterocycles. The fraction of sp³-hybridized carbons (Fsp3) is 0.179. The van der Waals surface area contributed by atoms with Crippen LogP contribution in [0.2, 0.25) is 0 Å². The predicted molar refractivity (Wildman–Crippen MR) is 141 cm³/mol. The van der Waals surface area contributed by atoms with Crippen LogP contribution >= 0.6 is 12.2 Å². The van der Waals surface area contributed by atoms with E-state index in [9.17, 15) is 4.79 Å². The highest BCUT2D eigenvalue weighted by atomic mass is 32.1. The summed E-state index contributed by atoms with van der Waals surface area (Å²) in [4.78, 5) is 18.7. The summed E-state index contributed by atoms with van der Waals surface area (Å²) in [6.45, 7) is 4.21. The van der Waals surface area contributed by atoms with E-state index in [1.807, 2.05) is 54.7 Å². The van der Waals surface area contributed by atoms with Crippen LogP contribution in [0, 0.1) is 13.8 Å². The molecule has 4 aromatic rings. The Kier molecular flexibility index (Phi) is 6.09. The van der Waals surface area contributed by atoms with Crippen molar-refractivity contribution in [1.29, 1.82) is 0 Å². The van der Waals surface area contributed by atoms with Crippen molar-refractivity contribution in [2.45, 2.75) is 25.9 Å². The summed E-state index contributed by atoms with van der Waals surface area (Å²) in [5.74, 6) is -0.347. The molecule has 0 saturated carbocycles. The van der Waals surface area contributed by atoms with E-state index >= 15 is 0 Å². The van der Waals surface area contributed by atoms with Crippen LogP contribution in [0.1, 0.15) is 45.1 Å². The topological polar surface area (TPSA) is 59.4 Å². The standard InChI is InChI=1S/C28H26N4O2S/c1-18-17-23(19(2)31(18)22-14-12-20(13-15-22)27(33)34-3)26-25(24-11-7-8-16-29-24)30-28(35)32(26)21-9-5-4-6-10-21/h4-17,25-26H,1-3H3,(H,30,35)/t25-,26+/m1/s1. The Morgan fingerprint density at radius 2 is 1.69 bits per heavy atom. The normalized spacial score (nSPS) is 17.3. The Labute approximate surface area is 210 Å². The Bertz CT molecular complexity index is 1370. The number of aromatic nitrogens is 2. The highest BCUT2D eigenvalue weighted by molar-refractivity contribution is 7.80. The van der Waals surface area contributed by atoms with Gasteiger partial charge in [0.15, 0.2) is 5.11 Å². The maximum atomic E-state index is 11.9. The molecule has 1 fully saturated rings. The molecule has 0 spiro atoms. The van der Waals surface area contributed by atoms with Crippen LogP contribution < -0.4 is 10.2 Å². The van der Waals surface area contributed by atoms with Gasteiger partial charge in [0.25, 0.3) is 0 Å². The second kappa shape index (κ2) is 9.35. The van der Waals surface area contributed by atoms with Crippen LogP contribution in [0.3, 0.4) is 0 Å². The van der Waals surface area contributed by atoms with Gasteiger partial charge in [-0.1, -0.05) is 24.3 Å². The van der Waals surface area contributed by atoms with Gasteiger partial charge >= 0.3 is 5.97 Å². The molecule has 5 rings (SSSR count). The number of thiocarbonyl (C=S) groups is 1. The zero-order chi connectivity index (χ0) is 24.5. The van der Waals surface area contributed by atoms with E-state index in [1.165, 1.54) is 7.11 Å². The van der Waals surface area contributed by atoms with Crippen LogP contribution in [0.15, 0.2) is 85.1 Å². The summed E-state index contributed by atoms with van der Waals surface area (Å²) >= 11 is 5.84. The molecule has 2 atom stereocenters. The average Bonchev–Trinajstić information content (AvgIpc) is 3.39. The van der Waals surface area contributed by atoms with Gasteiger partial charge in [-0.05, 0) is 86.2 Å². The van der Waals surface area contributed by atoms with Gasteiger partial charge in [-0.3, -0.25) is 4.98 Å². The minimum atomic E-state index is -0.347. The average molecular weight is 483 g/mol. The third kappa shape index (κ3) is 4.08. The Hall–Kier alpha value is -3.97. The zero-order valence-corrected chi connectivity index (χ0v) is 20.6. The molecule has 0 amide bonds. The van der Waals surface area contributed by atoms with Gasteiger partial charge in [-0.15, -0.1) is 0 Å². The zero-order valence-electron chi connectivity index (χ0n) is 19.8. The number of ether oxygens (including phenoxy) is 1. The number of hydrogen-bond acceptors (Lipinski definition) is 4. The van der Waals surface area contributed by atoms with Crippen molar-refractivity contribution in [2.24, 2.45) is 0 Å². The third-order valence-electron chi connectivity index (χ3n) is 6.47. The number of carbonyl (C=O) groups is 1. The van der Waals surface area contributed by atoms with Gasteiger partial charge in [-0.25, -0.2) is 4.79 Å². The van der Waals surface area contributed by atoms with Gasteiger partial charge in [0.1, 0.15) is 0 Å². The van der Waals surface area contributed by atoms with Crippen molar-refractivity contribution in [2.75, 3.05) is 12.0 Å². The lowest BCUT2D eigenvalue weighted by molar-refractivity contribution is 0.0600. The van der Waals surface area contributed by atoms with E-state index in [0.29, 0.717) is 10.7 Å². The lowest BCUT2D eigenvalue weighted by Gasteiger charge is -2.28. The molecule has 0 bridgehead atoms. The molecule has 3 heterocycles. The van der Waals surface area contributed by atoms with Crippen LogP contribution in [0.4, 0.5) is 5.69 Å². The number of aryl methyl sites for hydroxylation is 1. The summed E-state index contributed by atoms with van der Waals surface area (Å²) in [5.41, 5.74) is 6.82. The van der Waals surface area contributed by atoms with Crippen LogP contribution in [-0.4, -0.2) is 27.7 Å². The number of carbonyl (C=O) groups excluding carboxylic acids is 1. The number of esters is 1. The molecular weight excluding hydrogens is 456 g/mol. The first-order chi connectivity index (χ1) is 17.0. The Balaban J connectivity index is 1.62. The lowest BCUT2D eigenvalue weighted by Crippen LogP contribution is -2.29. The van der Waals surface area contributed by atoms with E-state index in [2.05, 4.69) is 51.8 Å². The van der Waals surface area contributed by atoms with Crippen molar-refractivity contribution < 1.29 is 9.53 Å². The summed E-state index contributed by atoms with van der Waals surface area (Å²) < 4.78 is 7.05. The van der Waals surface area contributed by atoms with Gasteiger partial charge in [-0.2, -0.15) is 0 Å². The number of benzene rings is 2. The SMILES string of the molecule is COC(=O)c1ccc(-n2c(C)cc([C@H]3[C@@H](c4ccccn4)NC(=S)N3c3ccccc3)c2C)cc1. The summed E-state index contributed by atoms with van der Waals surface area (Å²) in [6, 6.07) is 25.6. The monoisotopic (exact) mass is 482 g/mol. The van der Waals surface area contributed by atoms with Gasteiger partial charge < -0.3 is 19.5 Å². The number of para-hydroxylation sites is 1. The molecule has 176 valence electrons. The smallest absolute Gasteiger partial charge is 0.337 e. The molecule has 1 aliphatic heterocycles. The molecule has 1 saturated heterocycles. The number of nitrogens with one attached hydrogen (secondary N) is 1. The first-order valence-electron chi connectivity index (χ1n) is 11.4. The van der Waals surface area contributed by atoms with E-state index in [4.69, 9.17) is 17.0 Å². The van der Waals surface area contributed by atoms with Crippen molar-refractivity contribution in [1.82, 2.24) is 14.9 Å². The van der Waals surface area contributed by atoms with Gasteiger partial charge in [0.2, 0.25) is 0 Å². The number of pyridine rings is 1. The van der Waals surface area contributed by atoms with Gasteiger partial charge in [0, 0.05) is 29.0 Å². The number of rotatable bonds is 5. The second-order valence-electron chi connectivity index (χ2n) is 8.53. The van der Waals surface area contributed by atoms with Crippen LogP contribution in [-0.2, 0) is 4.74 Å². The Morgan fingerprint density at radius 3 is 2.34 bits per heavy atom. The van der Waals surface area contributed by atoms with E-state index in [1.54, 1.807) is 12.1 Å². The van der Waals surface area contributed by atoms with Crippen LogP contribution in [0.5, 0.6) is 0 Å². The fourth-order valence-corrected chi connectivity index (χ4v) is 5.23. The maximum Gasteiger partial charge on any atom is 0.337 e. The number of anilines is 1. The molecule has 7 heteroatoms. The molecule has 35 heavy (non-hydrogen) atoms. The molecule has 0 radical (unpaired) electrons. The van der Waals surface area contributed by atoms with Crippen molar-refractivity contribution >= 4 is 29.0 Å². The van der Waals surface area contributed by atoms with Crippen molar-refractivity contribution in [3.05, 3.63) is 113 Å². The van der Waals surface area contributed by atoms with E-state index in [0.717, 1.165) is 34.0 Å². The highest BCUT2D eigenvalue weighted by Crippen LogP contribution is 2.43. The summed E-state index contributed by atoms with van der Waals surface area (Å²) in [6.07, 6.45) is 1.81. The summed E-state index contributed by atoms with van der Waals surface area (Å²) in [7, 11) is 1.39. The first kappa shape index (κ1) is 22.8. The molecule has 1 aliphatic rings. The fourth-order valence-electron chi connectivity index (χ4n) is 4.89. The summed E-state index contributed by atoms with van der Waals surface area (Å²) in [5, 5.41) is 4.19. The van der Waals surface area contributed by atoms with Crippen LogP contribution in [0.25, 0.3) is 5.69 Å². The van der Waals surface area contributed by atoms with E-state index < -0.39 is 0 Å². The number of nitrogens with zero attached hydrogens (tertiary/aromatic N) is 3. The van der Waals surface area contributed by atoms with Crippen molar-refractivity contribution in [3.63, 3.8) is 0 Å². The molecular formula is C28H26N4O2S. The minimum absolute atomic E-state index is 0.0888. The molecule has 1 N–H and O–H groups in total. The number of hydrogen-bond donors (Lipinski definition) is 1. The third-order valence-corrected chi connectivity index (χ3v) is 6.78. The highest BCUT2D eigenvalue weighted by Gasteiger charge is 2.42. The van der Waals surface area contributed by atoms with E-state index in [-0.39, 0.29) is 18.1 Å². The Morgan fingerprint density at radius 1 is 0.971 bits per heavy atom. The largest absolute Gasteiger partial charge is 0.465 e. The molecule has 2 aromatic carbocycles. The van der Waals surface area contributed by atoms with Gasteiger partial charge in [0.05, 0.1) is 30.5 Å². The second-order valence-corrected chi connectivity index (χ2v) is 8.92. The lowest BCUT2D eigenvalue weighted by atomic mass is 9.96. The predicted octanol–water partition coefficient (Wildman–Crippen LogP) is 5.45. The quantitative estimate of drug-likeness (QED) is 0.301. The molecule has 6 nitrogen and oxygen atoms in total. The molecule has 0 unspecified atom stereocenters. The number of methoxy groups -OCH3 is 1. The molecule has 0 aliphatic carbocycles.